The van der Waals surface area contributed by atoms with E-state index in [1.165, 1.54) is 29.4 Å². The van der Waals surface area contributed by atoms with Gasteiger partial charge in [-0.25, -0.2) is 4.79 Å². The first-order valence-corrected chi connectivity index (χ1v) is 5.84. The van der Waals surface area contributed by atoms with Crippen LogP contribution in [0.2, 0.25) is 0 Å². The second kappa shape index (κ2) is 4.18. The van der Waals surface area contributed by atoms with Crippen molar-refractivity contribution >= 4 is 11.8 Å². The zero-order chi connectivity index (χ0) is 12.5. The lowest BCUT2D eigenvalue weighted by Crippen LogP contribution is -2.10. The van der Waals surface area contributed by atoms with Crippen LogP contribution in [0.3, 0.4) is 0 Å². The highest BCUT2D eigenvalue weighted by molar-refractivity contribution is 5.86. The summed E-state index contributed by atoms with van der Waals surface area (Å²) in [5.74, 6) is 0. The Morgan fingerprint density at radius 2 is 1.89 bits per heavy atom. The Bertz CT molecular complexity index is 620. The number of hydrogen-bond donors (Lipinski definition) is 1. The molecule has 0 atom stereocenters. The standard InChI is InChI=1S/C15H13NO2/c1-18-15(17)16-12-6-7-14-11(9-12)8-10-4-2-3-5-13(10)14/h2-7,9H,8H2,1H3,(H,16,17). The van der Waals surface area contributed by atoms with Crippen LogP contribution in [-0.4, -0.2) is 13.2 Å². The van der Waals surface area contributed by atoms with Crippen LogP contribution < -0.4 is 5.32 Å². The van der Waals surface area contributed by atoms with Crippen LogP contribution in [0.25, 0.3) is 11.1 Å². The average molecular weight is 239 g/mol. The number of fused-ring (bicyclic) bond motifs is 3. The van der Waals surface area contributed by atoms with Gasteiger partial charge in [0.05, 0.1) is 7.11 Å². The minimum absolute atomic E-state index is 0.439. The molecule has 90 valence electrons. The van der Waals surface area contributed by atoms with Gasteiger partial charge >= 0.3 is 6.09 Å². The molecule has 3 nitrogen and oxygen atoms in total. The fourth-order valence-electron chi connectivity index (χ4n) is 2.39. The maximum atomic E-state index is 11.2. The van der Waals surface area contributed by atoms with Crippen molar-refractivity contribution in [2.75, 3.05) is 12.4 Å². The summed E-state index contributed by atoms with van der Waals surface area (Å²) in [5.41, 5.74) is 5.89. The molecule has 1 N–H and O–H groups in total. The first-order valence-electron chi connectivity index (χ1n) is 5.84. The Hall–Kier alpha value is -2.29. The van der Waals surface area contributed by atoms with Gasteiger partial charge in [0.1, 0.15) is 0 Å². The molecule has 0 radical (unpaired) electrons. The van der Waals surface area contributed by atoms with Gasteiger partial charge in [0.25, 0.3) is 0 Å². The van der Waals surface area contributed by atoms with E-state index in [-0.39, 0.29) is 0 Å². The van der Waals surface area contributed by atoms with Gasteiger partial charge in [0.2, 0.25) is 0 Å². The SMILES string of the molecule is COC(=O)Nc1ccc2c(c1)Cc1ccccc1-2. The predicted molar refractivity (Wildman–Crippen MR) is 70.7 cm³/mol. The fraction of sp³-hybridized carbons (Fsp3) is 0.133. The molecule has 0 unspecified atom stereocenters. The number of hydrogen-bond acceptors (Lipinski definition) is 2. The fourth-order valence-corrected chi connectivity index (χ4v) is 2.39. The van der Waals surface area contributed by atoms with Crippen molar-refractivity contribution in [1.29, 1.82) is 0 Å². The molecule has 0 spiro atoms. The molecule has 18 heavy (non-hydrogen) atoms. The lowest BCUT2D eigenvalue weighted by Gasteiger charge is -2.06. The molecular weight excluding hydrogens is 226 g/mol. The summed E-state index contributed by atoms with van der Waals surface area (Å²) in [6, 6.07) is 14.3. The minimum atomic E-state index is -0.439. The zero-order valence-corrected chi connectivity index (χ0v) is 10.1. The first-order chi connectivity index (χ1) is 8.78. The number of rotatable bonds is 1. The van der Waals surface area contributed by atoms with E-state index >= 15 is 0 Å². The number of ether oxygens (including phenoxy) is 1. The Labute approximate surface area is 105 Å². The Morgan fingerprint density at radius 3 is 2.72 bits per heavy atom. The molecule has 3 heteroatoms. The highest BCUT2D eigenvalue weighted by Crippen LogP contribution is 2.37. The van der Waals surface area contributed by atoms with Crippen LogP contribution in [0, 0.1) is 0 Å². The van der Waals surface area contributed by atoms with E-state index in [9.17, 15) is 4.79 Å². The van der Waals surface area contributed by atoms with Gasteiger partial charge in [0.15, 0.2) is 0 Å². The number of carbonyl (C=O) groups is 1. The molecule has 2 aromatic carbocycles. The van der Waals surface area contributed by atoms with Crippen LogP contribution >= 0.6 is 0 Å². The Kier molecular flexibility index (Phi) is 2.52. The van der Waals surface area contributed by atoms with E-state index in [0.717, 1.165) is 12.1 Å². The van der Waals surface area contributed by atoms with E-state index in [2.05, 4.69) is 34.3 Å². The highest BCUT2D eigenvalue weighted by Gasteiger charge is 2.18. The Morgan fingerprint density at radius 1 is 1.11 bits per heavy atom. The molecule has 1 aliphatic carbocycles. The largest absolute Gasteiger partial charge is 0.453 e. The second-order valence-electron chi connectivity index (χ2n) is 4.32. The molecule has 3 rings (SSSR count). The predicted octanol–water partition coefficient (Wildman–Crippen LogP) is 3.44. The van der Waals surface area contributed by atoms with E-state index < -0.39 is 6.09 Å². The van der Waals surface area contributed by atoms with Crippen molar-refractivity contribution in [2.24, 2.45) is 0 Å². The molecule has 0 aromatic heterocycles. The van der Waals surface area contributed by atoms with Gasteiger partial charge in [-0.2, -0.15) is 0 Å². The maximum Gasteiger partial charge on any atom is 0.411 e. The van der Waals surface area contributed by atoms with Gasteiger partial charge in [-0.1, -0.05) is 30.3 Å². The average Bonchev–Trinajstić information content (AvgIpc) is 2.76. The summed E-state index contributed by atoms with van der Waals surface area (Å²) >= 11 is 0. The van der Waals surface area contributed by atoms with Crippen molar-refractivity contribution in [3.63, 3.8) is 0 Å². The third-order valence-corrected chi connectivity index (χ3v) is 3.23. The summed E-state index contributed by atoms with van der Waals surface area (Å²) in [4.78, 5) is 11.2. The molecule has 2 aromatic rings. The third-order valence-electron chi connectivity index (χ3n) is 3.23. The van der Waals surface area contributed by atoms with Crippen molar-refractivity contribution < 1.29 is 9.53 Å². The van der Waals surface area contributed by atoms with Crippen LogP contribution in [0.5, 0.6) is 0 Å². The van der Waals surface area contributed by atoms with Gasteiger partial charge < -0.3 is 4.74 Å². The normalized spacial score (nSPS) is 11.6. The van der Waals surface area contributed by atoms with E-state index in [0.29, 0.717) is 0 Å². The van der Waals surface area contributed by atoms with Crippen LogP contribution in [0.4, 0.5) is 10.5 Å². The number of methoxy groups -OCH3 is 1. The number of anilines is 1. The molecule has 0 saturated carbocycles. The van der Waals surface area contributed by atoms with Crippen molar-refractivity contribution in [2.45, 2.75) is 6.42 Å². The number of benzene rings is 2. The summed E-state index contributed by atoms with van der Waals surface area (Å²) in [6.45, 7) is 0. The summed E-state index contributed by atoms with van der Waals surface area (Å²) < 4.78 is 4.59. The third kappa shape index (κ3) is 1.74. The Balaban J connectivity index is 1.96. The molecular formula is C15H13NO2. The molecule has 0 bridgehead atoms. The van der Waals surface area contributed by atoms with Crippen molar-refractivity contribution in [3.05, 3.63) is 53.6 Å². The second-order valence-corrected chi connectivity index (χ2v) is 4.32. The molecule has 1 aliphatic rings. The first kappa shape index (κ1) is 10.8. The van der Waals surface area contributed by atoms with Crippen molar-refractivity contribution in [1.82, 2.24) is 0 Å². The van der Waals surface area contributed by atoms with Crippen molar-refractivity contribution in [3.8, 4) is 11.1 Å². The monoisotopic (exact) mass is 239 g/mol. The van der Waals surface area contributed by atoms with E-state index in [1.807, 2.05) is 18.2 Å². The number of carbonyl (C=O) groups excluding carboxylic acids is 1. The number of amides is 1. The van der Waals surface area contributed by atoms with Gasteiger partial charge in [-0.05, 0) is 40.8 Å². The van der Waals surface area contributed by atoms with Gasteiger partial charge in [-0.3, -0.25) is 5.32 Å². The zero-order valence-electron chi connectivity index (χ0n) is 10.1. The topological polar surface area (TPSA) is 38.3 Å². The van der Waals surface area contributed by atoms with Crippen LogP contribution in [0.15, 0.2) is 42.5 Å². The summed E-state index contributed by atoms with van der Waals surface area (Å²) in [6.07, 6.45) is 0.479. The highest BCUT2D eigenvalue weighted by atomic mass is 16.5. The van der Waals surface area contributed by atoms with Gasteiger partial charge in [-0.15, -0.1) is 0 Å². The molecule has 0 heterocycles. The quantitative estimate of drug-likeness (QED) is 0.706. The van der Waals surface area contributed by atoms with E-state index in [1.54, 1.807) is 0 Å². The summed E-state index contributed by atoms with van der Waals surface area (Å²) in [7, 11) is 1.36. The summed E-state index contributed by atoms with van der Waals surface area (Å²) in [5, 5.41) is 2.69. The number of nitrogens with one attached hydrogen (secondary N) is 1. The molecule has 0 fully saturated rings. The smallest absolute Gasteiger partial charge is 0.411 e. The maximum absolute atomic E-state index is 11.2. The lowest BCUT2D eigenvalue weighted by atomic mass is 10.1. The lowest BCUT2D eigenvalue weighted by molar-refractivity contribution is 0.187. The van der Waals surface area contributed by atoms with Crippen LogP contribution in [-0.2, 0) is 11.2 Å². The minimum Gasteiger partial charge on any atom is -0.453 e. The molecule has 0 aliphatic heterocycles. The van der Waals surface area contributed by atoms with Crippen LogP contribution in [0.1, 0.15) is 11.1 Å². The van der Waals surface area contributed by atoms with E-state index in [4.69, 9.17) is 0 Å². The molecule has 1 amide bonds. The van der Waals surface area contributed by atoms with Gasteiger partial charge in [0, 0.05) is 5.69 Å². The molecule has 0 saturated heterocycles.